The first-order valence-electron chi connectivity index (χ1n) is 7.24. The van der Waals surface area contributed by atoms with Gasteiger partial charge in [0.25, 0.3) is 5.91 Å². The van der Waals surface area contributed by atoms with Gasteiger partial charge in [0, 0.05) is 12.1 Å². The highest BCUT2D eigenvalue weighted by Crippen LogP contribution is 2.22. The first-order valence-corrected chi connectivity index (χ1v) is 10.3. The van der Waals surface area contributed by atoms with Crippen LogP contribution in [-0.2, 0) is 16.6 Å². The molecular formula is C16H19BrN2O3S2. The number of hydrogen-bond donors (Lipinski definition) is 2. The number of carbonyl (C=O) groups excluding carboxylic acids is 1. The van der Waals surface area contributed by atoms with E-state index in [-0.39, 0.29) is 17.3 Å². The molecular weight excluding hydrogens is 412 g/mol. The minimum absolute atomic E-state index is 0.135. The Morgan fingerprint density at radius 1 is 1.17 bits per heavy atom. The Morgan fingerprint density at radius 3 is 2.42 bits per heavy atom. The molecule has 2 N–H and O–H groups in total. The number of nitrogens with one attached hydrogen (secondary N) is 2. The van der Waals surface area contributed by atoms with Gasteiger partial charge < -0.3 is 5.32 Å². The van der Waals surface area contributed by atoms with Crippen molar-refractivity contribution in [1.29, 1.82) is 0 Å². The second-order valence-electron chi connectivity index (χ2n) is 6.25. The van der Waals surface area contributed by atoms with Crippen molar-refractivity contribution >= 4 is 43.2 Å². The third-order valence-electron chi connectivity index (χ3n) is 2.94. The third kappa shape index (κ3) is 5.14. The second-order valence-corrected chi connectivity index (χ2v) is 10.4. The van der Waals surface area contributed by atoms with Crippen molar-refractivity contribution in [2.45, 2.75) is 37.8 Å². The van der Waals surface area contributed by atoms with E-state index in [2.05, 4.69) is 26.0 Å². The van der Waals surface area contributed by atoms with E-state index in [1.54, 1.807) is 51.1 Å². The predicted molar refractivity (Wildman–Crippen MR) is 99.7 cm³/mol. The summed E-state index contributed by atoms with van der Waals surface area (Å²) in [5.41, 5.74) is -0.0449. The van der Waals surface area contributed by atoms with Crippen LogP contribution in [0.4, 0.5) is 0 Å². The molecule has 1 aromatic carbocycles. The summed E-state index contributed by atoms with van der Waals surface area (Å²) in [5, 5.41) is 2.76. The monoisotopic (exact) mass is 430 g/mol. The number of thiophene rings is 1. The average Bonchev–Trinajstić information content (AvgIpc) is 2.89. The number of amides is 1. The largest absolute Gasteiger partial charge is 0.347 e. The first-order chi connectivity index (χ1) is 11.1. The number of carbonyl (C=O) groups is 1. The molecule has 0 spiro atoms. The maximum atomic E-state index is 12.6. The average molecular weight is 431 g/mol. The summed E-state index contributed by atoms with van der Waals surface area (Å²) in [5.74, 6) is -0.235. The molecule has 0 fully saturated rings. The van der Waals surface area contributed by atoms with Gasteiger partial charge in [0.2, 0.25) is 10.0 Å². The minimum Gasteiger partial charge on any atom is -0.347 e. The summed E-state index contributed by atoms with van der Waals surface area (Å²) in [4.78, 5) is 12.9. The van der Waals surface area contributed by atoms with Gasteiger partial charge in [0.15, 0.2) is 0 Å². The van der Waals surface area contributed by atoms with Gasteiger partial charge in [-0.3, -0.25) is 4.79 Å². The zero-order valence-electron chi connectivity index (χ0n) is 13.6. The molecule has 1 aromatic heterocycles. The number of halogens is 1. The predicted octanol–water partition coefficient (Wildman–Crippen LogP) is 3.52. The highest BCUT2D eigenvalue weighted by Gasteiger charge is 2.24. The van der Waals surface area contributed by atoms with Crippen LogP contribution >= 0.6 is 27.3 Å². The van der Waals surface area contributed by atoms with Crippen LogP contribution in [-0.4, -0.2) is 19.9 Å². The summed E-state index contributed by atoms with van der Waals surface area (Å²) in [7, 11) is -3.66. The van der Waals surface area contributed by atoms with E-state index >= 15 is 0 Å². The van der Waals surface area contributed by atoms with Gasteiger partial charge in [0.1, 0.15) is 0 Å². The molecule has 130 valence electrons. The maximum Gasteiger partial charge on any atom is 0.261 e. The molecule has 1 amide bonds. The van der Waals surface area contributed by atoms with Crippen LogP contribution in [0.2, 0.25) is 0 Å². The van der Waals surface area contributed by atoms with Crippen LogP contribution < -0.4 is 10.0 Å². The van der Waals surface area contributed by atoms with E-state index in [0.717, 1.165) is 3.79 Å². The fraction of sp³-hybridized carbons (Fsp3) is 0.312. The molecule has 5 nitrogen and oxygen atoms in total. The van der Waals surface area contributed by atoms with Gasteiger partial charge in [-0.25, -0.2) is 13.1 Å². The lowest BCUT2D eigenvalue weighted by Crippen LogP contribution is -2.41. The molecule has 24 heavy (non-hydrogen) atoms. The Bertz CT molecular complexity index is 839. The van der Waals surface area contributed by atoms with Crippen molar-refractivity contribution in [1.82, 2.24) is 10.0 Å². The number of rotatable bonds is 5. The summed E-state index contributed by atoms with van der Waals surface area (Å²) >= 11 is 4.64. The van der Waals surface area contributed by atoms with Crippen molar-refractivity contribution < 1.29 is 13.2 Å². The van der Waals surface area contributed by atoms with Gasteiger partial charge in [-0.1, -0.05) is 18.2 Å². The Balaban J connectivity index is 2.19. The van der Waals surface area contributed by atoms with E-state index in [1.165, 1.54) is 17.4 Å². The smallest absolute Gasteiger partial charge is 0.261 e. The quantitative estimate of drug-likeness (QED) is 0.761. The Hall–Kier alpha value is -1.22. The van der Waals surface area contributed by atoms with Gasteiger partial charge in [0.05, 0.1) is 13.6 Å². The highest BCUT2D eigenvalue weighted by molar-refractivity contribution is 9.11. The molecule has 0 saturated heterocycles. The molecule has 8 heteroatoms. The zero-order valence-corrected chi connectivity index (χ0v) is 16.8. The number of sulfonamides is 1. The maximum absolute atomic E-state index is 12.6. The molecule has 0 radical (unpaired) electrons. The van der Waals surface area contributed by atoms with E-state index in [0.29, 0.717) is 10.4 Å². The number of hydrogen-bond acceptors (Lipinski definition) is 4. The minimum atomic E-state index is -3.66. The number of benzene rings is 1. The van der Waals surface area contributed by atoms with Gasteiger partial charge in [-0.15, -0.1) is 11.3 Å². The lowest BCUT2D eigenvalue weighted by Gasteiger charge is -2.21. The van der Waals surface area contributed by atoms with Gasteiger partial charge in [-0.05, 0) is 60.5 Å². The molecule has 0 aliphatic carbocycles. The van der Waals surface area contributed by atoms with Gasteiger partial charge >= 0.3 is 0 Å². The summed E-state index contributed by atoms with van der Waals surface area (Å²) in [6.07, 6.45) is 0. The molecule has 2 rings (SSSR count). The first kappa shape index (κ1) is 19.1. The van der Waals surface area contributed by atoms with Crippen LogP contribution in [0.3, 0.4) is 0 Å². The molecule has 0 unspecified atom stereocenters. The lowest BCUT2D eigenvalue weighted by atomic mass is 10.1. The Labute approximate surface area is 154 Å². The standard InChI is InChI=1S/C16H19BrN2O3S2/c1-16(2,3)19-24(21,22)13-7-5-4-6-11(13)10-18-15(20)12-8-9-14(17)23-12/h4-9,19H,10H2,1-3H3,(H,18,20). The van der Waals surface area contributed by atoms with Crippen LogP contribution in [0, 0.1) is 0 Å². The SMILES string of the molecule is CC(C)(C)NS(=O)(=O)c1ccccc1CNC(=O)c1ccc(Br)s1. The van der Waals surface area contributed by atoms with Crippen molar-refractivity contribution in [3.8, 4) is 0 Å². The fourth-order valence-corrected chi connectivity index (χ4v) is 5.03. The zero-order chi connectivity index (χ0) is 18.0. The van der Waals surface area contributed by atoms with Crippen LogP contribution in [0.1, 0.15) is 36.0 Å². The van der Waals surface area contributed by atoms with Crippen molar-refractivity contribution in [2.24, 2.45) is 0 Å². The molecule has 0 aliphatic rings. The molecule has 0 atom stereocenters. The van der Waals surface area contributed by atoms with E-state index in [1.807, 2.05) is 0 Å². The van der Waals surface area contributed by atoms with Crippen LogP contribution in [0.5, 0.6) is 0 Å². The Morgan fingerprint density at radius 2 is 1.83 bits per heavy atom. The van der Waals surface area contributed by atoms with E-state index < -0.39 is 15.6 Å². The van der Waals surface area contributed by atoms with E-state index in [9.17, 15) is 13.2 Å². The lowest BCUT2D eigenvalue weighted by molar-refractivity contribution is 0.0954. The molecule has 2 aromatic rings. The van der Waals surface area contributed by atoms with Crippen molar-refractivity contribution in [3.63, 3.8) is 0 Å². The van der Waals surface area contributed by atoms with Gasteiger partial charge in [-0.2, -0.15) is 0 Å². The molecule has 0 aliphatic heterocycles. The topological polar surface area (TPSA) is 75.3 Å². The molecule has 0 bridgehead atoms. The third-order valence-corrected chi connectivity index (χ3v) is 6.42. The molecule has 0 saturated carbocycles. The summed E-state index contributed by atoms with van der Waals surface area (Å²) in [6, 6.07) is 10.2. The summed E-state index contributed by atoms with van der Waals surface area (Å²) in [6.45, 7) is 5.48. The molecule has 1 heterocycles. The highest BCUT2D eigenvalue weighted by atomic mass is 79.9. The van der Waals surface area contributed by atoms with Crippen molar-refractivity contribution in [2.75, 3.05) is 0 Å². The van der Waals surface area contributed by atoms with Crippen LogP contribution in [0.25, 0.3) is 0 Å². The Kier molecular flexibility index (Phi) is 5.85. The normalized spacial score (nSPS) is 12.2. The van der Waals surface area contributed by atoms with E-state index in [4.69, 9.17) is 0 Å². The van der Waals surface area contributed by atoms with Crippen LogP contribution in [0.15, 0.2) is 45.1 Å². The van der Waals surface area contributed by atoms with Crippen molar-refractivity contribution in [3.05, 3.63) is 50.6 Å². The fourth-order valence-electron chi connectivity index (χ4n) is 2.07. The second kappa shape index (κ2) is 7.35. The summed E-state index contributed by atoms with van der Waals surface area (Å²) < 4.78 is 28.6.